The molecule has 0 saturated heterocycles. The Labute approximate surface area is 206 Å². The van der Waals surface area contributed by atoms with Gasteiger partial charge in [-0.3, -0.25) is 9.69 Å². The number of benzene rings is 1. The van der Waals surface area contributed by atoms with Crippen molar-refractivity contribution in [2.45, 2.75) is 52.3 Å². The molecule has 2 heterocycles. The topological polar surface area (TPSA) is 62.2 Å². The molecule has 2 aromatic rings. The molecular formula is C26H37FN2O4S. The van der Waals surface area contributed by atoms with Gasteiger partial charge in [-0.25, -0.2) is 4.39 Å². The molecule has 2 atom stereocenters. The van der Waals surface area contributed by atoms with Crippen molar-refractivity contribution >= 4 is 17.2 Å². The highest BCUT2D eigenvalue weighted by Crippen LogP contribution is 2.34. The smallest absolute Gasteiger partial charge is 0.237 e. The van der Waals surface area contributed by atoms with E-state index in [1.165, 1.54) is 17.0 Å². The number of aliphatic hydroxyl groups is 1. The fraction of sp³-hybridized carbons (Fsp3) is 0.577. The van der Waals surface area contributed by atoms with Gasteiger partial charge in [-0.1, -0.05) is 13.8 Å². The number of halogens is 1. The first-order valence-electron chi connectivity index (χ1n) is 12.0. The van der Waals surface area contributed by atoms with Gasteiger partial charge in [0.1, 0.15) is 18.2 Å². The highest BCUT2D eigenvalue weighted by molar-refractivity contribution is 7.10. The van der Waals surface area contributed by atoms with Gasteiger partial charge in [0.05, 0.1) is 25.3 Å². The molecule has 6 nitrogen and oxygen atoms in total. The molecule has 8 heteroatoms. The normalized spacial score (nSPS) is 16.9. The zero-order valence-corrected chi connectivity index (χ0v) is 21.4. The zero-order valence-electron chi connectivity index (χ0n) is 20.6. The van der Waals surface area contributed by atoms with E-state index in [-0.39, 0.29) is 37.0 Å². The summed E-state index contributed by atoms with van der Waals surface area (Å²) in [4.78, 5) is 18.6. The monoisotopic (exact) mass is 492 g/mol. The Morgan fingerprint density at radius 2 is 1.94 bits per heavy atom. The van der Waals surface area contributed by atoms with Gasteiger partial charge in [0.2, 0.25) is 5.91 Å². The molecule has 0 bridgehead atoms. The number of rotatable bonds is 12. The van der Waals surface area contributed by atoms with E-state index in [4.69, 9.17) is 9.47 Å². The van der Waals surface area contributed by atoms with Crippen LogP contribution in [0.5, 0.6) is 5.75 Å². The van der Waals surface area contributed by atoms with Crippen molar-refractivity contribution in [3.05, 3.63) is 52.0 Å². The van der Waals surface area contributed by atoms with Gasteiger partial charge in [-0.05, 0) is 67.5 Å². The Bertz CT molecular complexity index is 902. The van der Waals surface area contributed by atoms with Crippen LogP contribution in [0.2, 0.25) is 0 Å². The maximum atomic E-state index is 13.5. The van der Waals surface area contributed by atoms with Crippen LogP contribution in [-0.2, 0) is 16.0 Å². The molecule has 3 rings (SSSR count). The number of fused-ring (bicyclic) bond motifs is 1. The van der Waals surface area contributed by atoms with E-state index in [0.29, 0.717) is 38.0 Å². The molecule has 1 aliphatic heterocycles. The second kappa shape index (κ2) is 12.6. The van der Waals surface area contributed by atoms with Crippen LogP contribution in [-0.4, -0.2) is 72.4 Å². The third-order valence-corrected chi connectivity index (χ3v) is 6.91. The minimum absolute atomic E-state index is 0.00792. The number of amides is 1. The van der Waals surface area contributed by atoms with Gasteiger partial charge in [0.25, 0.3) is 0 Å². The van der Waals surface area contributed by atoms with Crippen molar-refractivity contribution < 1.29 is 23.8 Å². The SMILES string of the molecule is CC(C)COC[C@@H](O)CN(CC(=O)N1CCc2sccc2[C@@H]1COc1ccc(F)cc1)C(C)C. The predicted octanol–water partition coefficient (Wildman–Crippen LogP) is 4.14. The van der Waals surface area contributed by atoms with E-state index in [9.17, 15) is 14.3 Å². The minimum atomic E-state index is -0.656. The lowest BCUT2D eigenvalue weighted by molar-refractivity contribution is -0.137. The maximum Gasteiger partial charge on any atom is 0.237 e. The van der Waals surface area contributed by atoms with Crippen molar-refractivity contribution in [2.24, 2.45) is 5.92 Å². The Hall–Kier alpha value is -2.00. The van der Waals surface area contributed by atoms with Crippen LogP contribution >= 0.6 is 11.3 Å². The van der Waals surface area contributed by atoms with Gasteiger partial charge in [-0.2, -0.15) is 0 Å². The molecule has 1 amide bonds. The predicted molar refractivity (Wildman–Crippen MR) is 133 cm³/mol. The number of nitrogens with zero attached hydrogens (tertiary/aromatic N) is 2. The second-order valence-corrected chi connectivity index (χ2v) is 10.5. The van der Waals surface area contributed by atoms with E-state index in [2.05, 4.69) is 25.3 Å². The molecule has 0 radical (unpaired) electrons. The van der Waals surface area contributed by atoms with E-state index in [1.807, 2.05) is 23.6 Å². The summed E-state index contributed by atoms with van der Waals surface area (Å²) < 4.78 is 24.8. The molecule has 1 aromatic heterocycles. The largest absolute Gasteiger partial charge is 0.491 e. The molecule has 34 heavy (non-hydrogen) atoms. The molecule has 188 valence electrons. The van der Waals surface area contributed by atoms with Crippen LogP contribution < -0.4 is 4.74 Å². The second-order valence-electron chi connectivity index (χ2n) is 9.53. The lowest BCUT2D eigenvalue weighted by Gasteiger charge is -2.38. The Kier molecular flexibility index (Phi) is 9.88. The fourth-order valence-electron chi connectivity index (χ4n) is 4.07. The Morgan fingerprint density at radius 3 is 2.62 bits per heavy atom. The van der Waals surface area contributed by atoms with Crippen molar-refractivity contribution in [3.8, 4) is 5.75 Å². The third-order valence-electron chi connectivity index (χ3n) is 5.91. The third kappa shape index (κ3) is 7.50. The van der Waals surface area contributed by atoms with Crippen LogP contribution in [0.4, 0.5) is 4.39 Å². The first-order chi connectivity index (χ1) is 16.2. The number of hydrogen-bond donors (Lipinski definition) is 1. The van der Waals surface area contributed by atoms with Gasteiger partial charge in [0.15, 0.2) is 0 Å². The van der Waals surface area contributed by atoms with Crippen molar-refractivity contribution in [1.82, 2.24) is 9.80 Å². The highest BCUT2D eigenvalue weighted by atomic mass is 32.1. The molecule has 0 saturated carbocycles. The summed E-state index contributed by atoms with van der Waals surface area (Å²) in [5.74, 6) is 0.677. The molecule has 0 spiro atoms. The summed E-state index contributed by atoms with van der Waals surface area (Å²) in [5.41, 5.74) is 1.12. The maximum absolute atomic E-state index is 13.5. The summed E-state index contributed by atoms with van der Waals surface area (Å²) in [6.07, 6.45) is 0.162. The van der Waals surface area contributed by atoms with Gasteiger partial charge >= 0.3 is 0 Å². The van der Waals surface area contributed by atoms with E-state index < -0.39 is 6.10 Å². The zero-order chi connectivity index (χ0) is 24.7. The fourth-order valence-corrected chi connectivity index (χ4v) is 4.99. The van der Waals surface area contributed by atoms with Crippen LogP contribution in [0.25, 0.3) is 0 Å². The average molecular weight is 493 g/mol. The number of ether oxygens (including phenoxy) is 2. The molecule has 0 aliphatic carbocycles. The number of carbonyl (C=O) groups excluding carboxylic acids is 1. The summed E-state index contributed by atoms with van der Waals surface area (Å²) in [7, 11) is 0. The van der Waals surface area contributed by atoms with Crippen molar-refractivity contribution in [3.63, 3.8) is 0 Å². The van der Waals surface area contributed by atoms with Crippen molar-refractivity contribution in [1.29, 1.82) is 0 Å². The summed E-state index contributed by atoms with van der Waals surface area (Å²) in [5, 5.41) is 12.5. The molecule has 1 N–H and O–H groups in total. The highest BCUT2D eigenvalue weighted by Gasteiger charge is 2.33. The standard InChI is InChI=1S/C26H37FN2O4S/c1-18(2)15-32-16-21(30)13-28(19(3)4)14-26(31)29-11-9-25-23(10-12-34-25)24(29)17-33-22-7-5-20(27)6-8-22/h5-8,10,12,18-19,21,24,30H,9,11,13-17H2,1-4H3/t21-,24-/m0/s1. The van der Waals surface area contributed by atoms with E-state index in [0.717, 1.165) is 12.0 Å². The minimum Gasteiger partial charge on any atom is -0.491 e. The lowest BCUT2D eigenvalue weighted by Crippen LogP contribution is -2.49. The van der Waals surface area contributed by atoms with Gasteiger partial charge < -0.3 is 19.5 Å². The van der Waals surface area contributed by atoms with Crippen LogP contribution in [0, 0.1) is 11.7 Å². The molecule has 1 aromatic carbocycles. The Balaban J connectivity index is 1.65. The molecule has 1 aliphatic rings. The number of aliphatic hydroxyl groups excluding tert-OH is 1. The molecular weight excluding hydrogens is 455 g/mol. The van der Waals surface area contributed by atoms with E-state index >= 15 is 0 Å². The first-order valence-corrected chi connectivity index (χ1v) is 12.9. The van der Waals surface area contributed by atoms with Gasteiger partial charge in [0, 0.05) is 30.6 Å². The van der Waals surface area contributed by atoms with Crippen LogP contribution in [0.15, 0.2) is 35.7 Å². The van der Waals surface area contributed by atoms with Gasteiger partial charge in [-0.15, -0.1) is 11.3 Å². The quantitative estimate of drug-likeness (QED) is 0.483. The number of thiophene rings is 1. The number of carbonyl (C=O) groups is 1. The lowest BCUT2D eigenvalue weighted by atomic mass is 10.00. The first kappa shape index (κ1) is 26.6. The summed E-state index contributed by atoms with van der Waals surface area (Å²) in [6, 6.07) is 7.88. The molecule has 0 unspecified atom stereocenters. The van der Waals surface area contributed by atoms with Crippen LogP contribution in [0.3, 0.4) is 0 Å². The molecule has 0 fully saturated rings. The Morgan fingerprint density at radius 1 is 1.21 bits per heavy atom. The van der Waals surface area contributed by atoms with E-state index in [1.54, 1.807) is 23.5 Å². The number of hydrogen-bond acceptors (Lipinski definition) is 6. The van der Waals surface area contributed by atoms with Crippen molar-refractivity contribution in [2.75, 3.05) is 39.5 Å². The summed E-state index contributed by atoms with van der Waals surface area (Å²) >= 11 is 1.70. The summed E-state index contributed by atoms with van der Waals surface area (Å²) in [6.45, 7) is 10.5. The average Bonchev–Trinajstić information content (AvgIpc) is 3.26. The van der Waals surface area contributed by atoms with Crippen LogP contribution in [0.1, 0.15) is 44.2 Å².